The molecule has 3 aromatic rings. The summed E-state index contributed by atoms with van der Waals surface area (Å²) in [7, 11) is 0. The summed E-state index contributed by atoms with van der Waals surface area (Å²) in [5, 5.41) is 3.26. The molecule has 0 unspecified atom stereocenters. The van der Waals surface area contributed by atoms with E-state index < -0.39 is 5.97 Å². The number of hydrogen-bond donors (Lipinski definition) is 1. The first-order valence-electron chi connectivity index (χ1n) is 9.77. The first-order chi connectivity index (χ1) is 15.1. The van der Waals surface area contributed by atoms with E-state index in [0.717, 1.165) is 16.3 Å². The number of anilines is 2. The van der Waals surface area contributed by atoms with E-state index in [-0.39, 0.29) is 31.6 Å². The van der Waals surface area contributed by atoms with Gasteiger partial charge < -0.3 is 14.8 Å². The molecule has 0 spiro atoms. The quantitative estimate of drug-likeness (QED) is 0.446. The zero-order chi connectivity index (χ0) is 21.6. The van der Waals surface area contributed by atoms with Crippen LogP contribution in [0.1, 0.15) is 20.7 Å². The van der Waals surface area contributed by atoms with E-state index in [2.05, 4.69) is 5.32 Å². The third-order valence-corrected chi connectivity index (χ3v) is 4.73. The van der Waals surface area contributed by atoms with Gasteiger partial charge in [0.15, 0.2) is 6.61 Å². The maximum absolute atomic E-state index is 12.3. The molecule has 0 radical (unpaired) electrons. The van der Waals surface area contributed by atoms with E-state index in [1.54, 1.807) is 36.4 Å². The molecule has 0 atom stereocenters. The van der Waals surface area contributed by atoms with E-state index in [9.17, 15) is 14.4 Å². The second kappa shape index (κ2) is 9.13. The highest BCUT2D eigenvalue weighted by Crippen LogP contribution is 2.22. The van der Waals surface area contributed by atoms with Crippen LogP contribution in [0.15, 0.2) is 78.9 Å². The Balaban J connectivity index is 1.20. The van der Waals surface area contributed by atoms with Crippen LogP contribution in [-0.2, 0) is 9.53 Å². The lowest BCUT2D eigenvalue weighted by molar-refractivity contribution is -0.146. The summed E-state index contributed by atoms with van der Waals surface area (Å²) in [6.45, 7) is -0.362. The standard InChI is InChI=1S/C24H20N2O5/c27-22(30-15-14-26-23(28)20-8-4-5-9-21(20)24(26)29)16-31-19-12-10-18(11-13-19)25-17-6-2-1-3-7-17/h1-13,25H,14-16H2. The topological polar surface area (TPSA) is 84.9 Å². The van der Waals surface area contributed by atoms with Gasteiger partial charge in [-0.25, -0.2) is 4.79 Å². The van der Waals surface area contributed by atoms with Crippen LogP contribution >= 0.6 is 0 Å². The van der Waals surface area contributed by atoms with Gasteiger partial charge in [0.05, 0.1) is 17.7 Å². The Hall–Kier alpha value is -4.13. The molecule has 31 heavy (non-hydrogen) atoms. The van der Waals surface area contributed by atoms with Crippen LogP contribution in [0.2, 0.25) is 0 Å². The molecule has 1 aliphatic rings. The SMILES string of the molecule is O=C(COc1ccc(Nc2ccccc2)cc1)OCCN1C(=O)c2ccccc2C1=O. The van der Waals surface area contributed by atoms with Gasteiger partial charge in [0.25, 0.3) is 11.8 Å². The van der Waals surface area contributed by atoms with Crippen LogP contribution in [0.25, 0.3) is 0 Å². The van der Waals surface area contributed by atoms with Crippen molar-refractivity contribution in [2.24, 2.45) is 0 Å². The van der Waals surface area contributed by atoms with Crippen molar-refractivity contribution < 1.29 is 23.9 Å². The fourth-order valence-electron chi connectivity index (χ4n) is 3.20. The molecule has 0 aromatic heterocycles. The highest BCUT2D eigenvalue weighted by molar-refractivity contribution is 6.21. The summed E-state index contributed by atoms with van der Waals surface area (Å²) in [6, 6.07) is 23.6. The predicted molar refractivity (Wildman–Crippen MR) is 114 cm³/mol. The molecular weight excluding hydrogens is 396 g/mol. The van der Waals surface area contributed by atoms with Crippen molar-refractivity contribution >= 4 is 29.2 Å². The molecule has 2 amide bonds. The zero-order valence-corrected chi connectivity index (χ0v) is 16.6. The average Bonchev–Trinajstić information content (AvgIpc) is 3.04. The lowest BCUT2D eigenvalue weighted by atomic mass is 10.1. The van der Waals surface area contributed by atoms with Crippen LogP contribution in [0.5, 0.6) is 5.75 Å². The number of amides is 2. The Kier molecular flexibility index (Phi) is 5.93. The van der Waals surface area contributed by atoms with Gasteiger partial charge in [0.2, 0.25) is 0 Å². The number of benzene rings is 3. The summed E-state index contributed by atoms with van der Waals surface area (Å²) >= 11 is 0. The number of esters is 1. The summed E-state index contributed by atoms with van der Waals surface area (Å²) in [6.07, 6.45) is 0. The largest absolute Gasteiger partial charge is 0.482 e. The van der Waals surface area contributed by atoms with Gasteiger partial charge in [0.1, 0.15) is 12.4 Å². The normalized spacial score (nSPS) is 12.5. The lowest BCUT2D eigenvalue weighted by Crippen LogP contribution is -2.33. The maximum atomic E-state index is 12.3. The average molecular weight is 416 g/mol. The van der Waals surface area contributed by atoms with E-state index in [1.165, 1.54) is 0 Å². The second-order valence-electron chi connectivity index (χ2n) is 6.83. The minimum absolute atomic E-state index is 0.00204. The van der Waals surface area contributed by atoms with Crippen LogP contribution in [-0.4, -0.2) is 42.4 Å². The molecule has 0 aliphatic carbocycles. The fraction of sp³-hybridized carbons (Fsp3) is 0.125. The molecule has 0 fully saturated rings. The monoisotopic (exact) mass is 416 g/mol. The second-order valence-corrected chi connectivity index (χ2v) is 6.83. The molecule has 4 rings (SSSR count). The predicted octanol–water partition coefficient (Wildman–Crippen LogP) is 3.65. The van der Waals surface area contributed by atoms with Crippen molar-refractivity contribution in [3.63, 3.8) is 0 Å². The van der Waals surface area contributed by atoms with E-state index in [1.807, 2.05) is 42.5 Å². The molecule has 3 aromatic carbocycles. The van der Waals surface area contributed by atoms with Crippen molar-refractivity contribution in [2.75, 3.05) is 25.1 Å². The minimum atomic E-state index is -0.580. The first kappa shape index (κ1) is 20.2. The maximum Gasteiger partial charge on any atom is 0.344 e. The number of rotatable bonds is 8. The minimum Gasteiger partial charge on any atom is -0.482 e. The van der Waals surface area contributed by atoms with E-state index in [4.69, 9.17) is 9.47 Å². The van der Waals surface area contributed by atoms with Gasteiger partial charge in [-0.1, -0.05) is 30.3 Å². The number of fused-ring (bicyclic) bond motifs is 1. The Labute approximate surface area is 179 Å². The van der Waals surface area contributed by atoms with E-state index in [0.29, 0.717) is 16.9 Å². The van der Waals surface area contributed by atoms with Crippen LogP contribution < -0.4 is 10.1 Å². The van der Waals surface area contributed by atoms with Crippen molar-refractivity contribution in [3.05, 3.63) is 90.0 Å². The highest BCUT2D eigenvalue weighted by atomic mass is 16.6. The van der Waals surface area contributed by atoms with Gasteiger partial charge in [-0.15, -0.1) is 0 Å². The molecule has 0 saturated heterocycles. The number of imide groups is 1. The Morgan fingerprint density at radius 3 is 2.00 bits per heavy atom. The molecule has 1 heterocycles. The number of nitrogens with zero attached hydrogens (tertiary/aromatic N) is 1. The molecule has 0 saturated carbocycles. The fourth-order valence-corrected chi connectivity index (χ4v) is 3.20. The molecule has 1 aliphatic heterocycles. The van der Waals surface area contributed by atoms with Crippen molar-refractivity contribution in [1.82, 2.24) is 4.90 Å². The summed E-state index contributed by atoms with van der Waals surface area (Å²) in [5.41, 5.74) is 2.60. The highest BCUT2D eigenvalue weighted by Gasteiger charge is 2.34. The summed E-state index contributed by atoms with van der Waals surface area (Å²) < 4.78 is 10.5. The van der Waals surface area contributed by atoms with Crippen molar-refractivity contribution in [1.29, 1.82) is 0 Å². The summed E-state index contributed by atoms with van der Waals surface area (Å²) in [4.78, 5) is 37.6. The van der Waals surface area contributed by atoms with Crippen molar-refractivity contribution in [3.8, 4) is 5.75 Å². The van der Waals surface area contributed by atoms with Gasteiger partial charge in [-0.2, -0.15) is 0 Å². The summed E-state index contributed by atoms with van der Waals surface area (Å²) in [5.74, 6) is -0.812. The molecule has 156 valence electrons. The Morgan fingerprint density at radius 2 is 1.35 bits per heavy atom. The van der Waals surface area contributed by atoms with Gasteiger partial charge in [-0.3, -0.25) is 14.5 Å². The van der Waals surface area contributed by atoms with Crippen LogP contribution in [0.3, 0.4) is 0 Å². The molecule has 0 bridgehead atoms. The van der Waals surface area contributed by atoms with Crippen LogP contribution in [0.4, 0.5) is 11.4 Å². The first-order valence-corrected chi connectivity index (χ1v) is 9.77. The van der Waals surface area contributed by atoms with Gasteiger partial charge in [0, 0.05) is 11.4 Å². The van der Waals surface area contributed by atoms with Crippen molar-refractivity contribution in [2.45, 2.75) is 0 Å². The Morgan fingerprint density at radius 1 is 0.774 bits per heavy atom. The van der Waals surface area contributed by atoms with Crippen LogP contribution in [0, 0.1) is 0 Å². The number of carbonyl (C=O) groups is 3. The zero-order valence-electron chi connectivity index (χ0n) is 16.6. The molecular formula is C24H20N2O5. The third kappa shape index (κ3) is 4.72. The number of carbonyl (C=O) groups excluding carboxylic acids is 3. The van der Waals surface area contributed by atoms with Gasteiger partial charge >= 0.3 is 5.97 Å². The Bertz CT molecular complexity index is 1060. The molecule has 7 heteroatoms. The molecule has 7 nitrogen and oxygen atoms in total. The third-order valence-electron chi connectivity index (χ3n) is 4.73. The number of nitrogens with one attached hydrogen (secondary N) is 1. The molecule has 1 N–H and O–H groups in total. The number of hydrogen-bond acceptors (Lipinski definition) is 6. The number of para-hydroxylation sites is 1. The number of ether oxygens (including phenoxy) is 2. The van der Waals surface area contributed by atoms with Gasteiger partial charge in [-0.05, 0) is 48.5 Å². The van der Waals surface area contributed by atoms with E-state index >= 15 is 0 Å². The lowest BCUT2D eigenvalue weighted by Gasteiger charge is -2.14. The smallest absolute Gasteiger partial charge is 0.344 e.